The lowest BCUT2D eigenvalue weighted by atomic mass is 10.1. The summed E-state index contributed by atoms with van der Waals surface area (Å²) in [5, 5.41) is 10.9. The molecule has 0 bridgehead atoms. The topological polar surface area (TPSA) is 68.0 Å². The summed E-state index contributed by atoms with van der Waals surface area (Å²) in [5.41, 5.74) is 2.06. The van der Waals surface area contributed by atoms with Gasteiger partial charge in [-0.15, -0.1) is 10.2 Å². The maximum Gasteiger partial charge on any atom is 0.247 e. The molecule has 1 N–H and O–H groups in total. The smallest absolute Gasteiger partial charge is 0.247 e. The lowest BCUT2D eigenvalue weighted by Gasteiger charge is -2.05. The largest absolute Gasteiger partial charge is 0.421 e. The van der Waals surface area contributed by atoms with E-state index in [0.717, 1.165) is 11.1 Å². The predicted molar refractivity (Wildman–Crippen MR) is 80.6 cm³/mol. The van der Waals surface area contributed by atoms with Gasteiger partial charge in [0.2, 0.25) is 17.7 Å². The molecule has 2 aromatic rings. The summed E-state index contributed by atoms with van der Waals surface area (Å²) in [5.74, 6) is 1.48. The summed E-state index contributed by atoms with van der Waals surface area (Å²) < 4.78 is 5.61. The standard InChI is InChI=1S/C16H21N3O2/c1-11(2)9-14(20)17-8-7-15-18-19-16(21-15)13-6-4-5-12(3)10-13/h4-6,10-11H,7-9H2,1-3H3,(H,17,20). The fraction of sp³-hybridized carbons (Fsp3) is 0.438. The molecule has 1 aromatic heterocycles. The summed E-state index contributed by atoms with van der Waals surface area (Å²) in [4.78, 5) is 11.5. The second-order valence-corrected chi connectivity index (χ2v) is 5.57. The number of aryl methyl sites for hydroxylation is 1. The van der Waals surface area contributed by atoms with E-state index in [2.05, 4.69) is 15.5 Å². The minimum Gasteiger partial charge on any atom is -0.421 e. The zero-order chi connectivity index (χ0) is 15.2. The first-order valence-corrected chi connectivity index (χ1v) is 7.20. The number of nitrogens with zero attached hydrogens (tertiary/aromatic N) is 2. The first-order valence-electron chi connectivity index (χ1n) is 7.20. The van der Waals surface area contributed by atoms with Crippen molar-refractivity contribution in [1.29, 1.82) is 0 Å². The van der Waals surface area contributed by atoms with Crippen molar-refractivity contribution < 1.29 is 9.21 Å². The number of rotatable bonds is 6. The molecule has 0 saturated heterocycles. The van der Waals surface area contributed by atoms with Gasteiger partial charge in [0.1, 0.15) is 0 Å². The molecule has 0 saturated carbocycles. The molecule has 112 valence electrons. The molecule has 0 fully saturated rings. The van der Waals surface area contributed by atoms with Crippen molar-refractivity contribution in [2.24, 2.45) is 5.92 Å². The van der Waals surface area contributed by atoms with Crippen LogP contribution in [0.3, 0.4) is 0 Å². The van der Waals surface area contributed by atoms with Crippen LogP contribution in [-0.4, -0.2) is 22.6 Å². The number of benzene rings is 1. The zero-order valence-corrected chi connectivity index (χ0v) is 12.7. The molecule has 0 radical (unpaired) electrons. The van der Waals surface area contributed by atoms with Crippen molar-refractivity contribution in [3.8, 4) is 11.5 Å². The van der Waals surface area contributed by atoms with Gasteiger partial charge in [-0.05, 0) is 25.0 Å². The van der Waals surface area contributed by atoms with Crippen LogP contribution in [0.1, 0.15) is 31.7 Å². The molecule has 5 nitrogen and oxygen atoms in total. The van der Waals surface area contributed by atoms with Crippen molar-refractivity contribution in [3.63, 3.8) is 0 Å². The van der Waals surface area contributed by atoms with E-state index in [-0.39, 0.29) is 5.91 Å². The highest BCUT2D eigenvalue weighted by molar-refractivity contribution is 5.76. The molecule has 21 heavy (non-hydrogen) atoms. The van der Waals surface area contributed by atoms with Crippen molar-refractivity contribution >= 4 is 5.91 Å². The fourth-order valence-electron chi connectivity index (χ4n) is 2.00. The maximum absolute atomic E-state index is 11.5. The Morgan fingerprint density at radius 2 is 2.14 bits per heavy atom. The summed E-state index contributed by atoms with van der Waals surface area (Å²) in [6.07, 6.45) is 1.08. The molecule has 0 unspecified atom stereocenters. The monoisotopic (exact) mass is 287 g/mol. The third-order valence-corrected chi connectivity index (χ3v) is 2.99. The van der Waals surface area contributed by atoms with E-state index in [0.29, 0.717) is 37.1 Å². The fourth-order valence-corrected chi connectivity index (χ4v) is 2.00. The van der Waals surface area contributed by atoms with Crippen molar-refractivity contribution in [1.82, 2.24) is 15.5 Å². The Bertz CT molecular complexity index is 605. The molecule has 0 spiro atoms. The van der Waals surface area contributed by atoms with Crippen LogP contribution < -0.4 is 5.32 Å². The molecule has 0 aliphatic heterocycles. The normalized spacial score (nSPS) is 10.9. The SMILES string of the molecule is Cc1cccc(-c2nnc(CCNC(=O)CC(C)C)o2)c1. The molecule has 0 aliphatic rings. The van der Waals surface area contributed by atoms with Crippen LogP contribution in [0.2, 0.25) is 0 Å². The van der Waals surface area contributed by atoms with E-state index in [1.807, 2.05) is 45.0 Å². The third-order valence-electron chi connectivity index (χ3n) is 2.99. The number of hydrogen-bond acceptors (Lipinski definition) is 4. The van der Waals surface area contributed by atoms with Gasteiger partial charge in [0.15, 0.2) is 0 Å². The maximum atomic E-state index is 11.5. The average molecular weight is 287 g/mol. The van der Waals surface area contributed by atoms with E-state index in [1.54, 1.807) is 0 Å². The third kappa shape index (κ3) is 4.70. The van der Waals surface area contributed by atoms with Gasteiger partial charge < -0.3 is 9.73 Å². The summed E-state index contributed by atoms with van der Waals surface area (Å²) >= 11 is 0. The van der Waals surface area contributed by atoms with Gasteiger partial charge in [-0.3, -0.25) is 4.79 Å². The van der Waals surface area contributed by atoms with E-state index in [1.165, 1.54) is 0 Å². The quantitative estimate of drug-likeness (QED) is 0.887. The highest BCUT2D eigenvalue weighted by atomic mass is 16.4. The predicted octanol–water partition coefficient (Wildman–Crippen LogP) is 2.75. The van der Waals surface area contributed by atoms with Gasteiger partial charge in [0.25, 0.3) is 0 Å². The Morgan fingerprint density at radius 3 is 2.86 bits per heavy atom. The summed E-state index contributed by atoms with van der Waals surface area (Å²) in [7, 11) is 0. The molecule has 0 atom stereocenters. The second kappa shape index (κ2) is 7.02. The van der Waals surface area contributed by atoms with Gasteiger partial charge in [-0.2, -0.15) is 0 Å². The Balaban J connectivity index is 1.88. The molecule has 1 heterocycles. The molecule has 1 amide bonds. The van der Waals surface area contributed by atoms with E-state index in [9.17, 15) is 4.79 Å². The molecule has 0 aliphatic carbocycles. The molecule has 2 rings (SSSR count). The molecular weight excluding hydrogens is 266 g/mol. The zero-order valence-electron chi connectivity index (χ0n) is 12.7. The van der Waals surface area contributed by atoms with E-state index in [4.69, 9.17) is 4.42 Å². The minimum absolute atomic E-state index is 0.0587. The van der Waals surface area contributed by atoms with Gasteiger partial charge >= 0.3 is 0 Å². The Hall–Kier alpha value is -2.17. The summed E-state index contributed by atoms with van der Waals surface area (Å²) in [6, 6.07) is 7.92. The molecular formula is C16H21N3O2. The highest BCUT2D eigenvalue weighted by Gasteiger charge is 2.09. The number of nitrogens with one attached hydrogen (secondary N) is 1. The van der Waals surface area contributed by atoms with Crippen molar-refractivity contribution in [2.45, 2.75) is 33.6 Å². The van der Waals surface area contributed by atoms with Gasteiger partial charge in [0, 0.05) is 24.9 Å². The summed E-state index contributed by atoms with van der Waals surface area (Å²) in [6.45, 7) is 6.57. The number of aromatic nitrogens is 2. The minimum atomic E-state index is 0.0587. The van der Waals surface area contributed by atoms with Gasteiger partial charge in [0.05, 0.1) is 0 Å². The molecule has 5 heteroatoms. The van der Waals surface area contributed by atoms with Crippen LogP contribution in [0, 0.1) is 12.8 Å². The van der Waals surface area contributed by atoms with E-state index < -0.39 is 0 Å². The molecule has 1 aromatic carbocycles. The second-order valence-electron chi connectivity index (χ2n) is 5.57. The van der Waals surface area contributed by atoms with Crippen LogP contribution in [-0.2, 0) is 11.2 Å². The van der Waals surface area contributed by atoms with Crippen LogP contribution in [0.25, 0.3) is 11.5 Å². The van der Waals surface area contributed by atoms with Gasteiger partial charge in [-0.1, -0.05) is 31.5 Å². The average Bonchev–Trinajstić information content (AvgIpc) is 2.86. The van der Waals surface area contributed by atoms with Crippen LogP contribution in [0.5, 0.6) is 0 Å². The van der Waals surface area contributed by atoms with Crippen molar-refractivity contribution in [2.75, 3.05) is 6.54 Å². The van der Waals surface area contributed by atoms with Crippen LogP contribution in [0.4, 0.5) is 0 Å². The van der Waals surface area contributed by atoms with Crippen LogP contribution >= 0.6 is 0 Å². The Kier molecular flexibility index (Phi) is 5.09. The number of carbonyl (C=O) groups is 1. The lowest BCUT2D eigenvalue weighted by molar-refractivity contribution is -0.121. The number of hydrogen-bond donors (Lipinski definition) is 1. The number of amides is 1. The Labute approximate surface area is 124 Å². The highest BCUT2D eigenvalue weighted by Crippen LogP contribution is 2.18. The number of carbonyl (C=O) groups excluding carboxylic acids is 1. The lowest BCUT2D eigenvalue weighted by Crippen LogP contribution is -2.26. The first-order chi connectivity index (χ1) is 10.0. The first kappa shape index (κ1) is 15.2. The Morgan fingerprint density at radius 1 is 1.33 bits per heavy atom. The van der Waals surface area contributed by atoms with Crippen molar-refractivity contribution in [3.05, 3.63) is 35.7 Å². The van der Waals surface area contributed by atoms with Crippen LogP contribution in [0.15, 0.2) is 28.7 Å². The van der Waals surface area contributed by atoms with Gasteiger partial charge in [-0.25, -0.2) is 0 Å². The van der Waals surface area contributed by atoms with E-state index >= 15 is 0 Å².